The first kappa shape index (κ1) is 60.2. The van der Waals surface area contributed by atoms with Gasteiger partial charge in [0.05, 0.1) is 74.5 Å². The Hall–Kier alpha value is -8.89. The number of likely N-dealkylation sites (tertiary alicyclic amines) is 1. The molecule has 4 aromatic carbocycles. The van der Waals surface area contributed by atoms with Crippen LogP contribution >= 0.6 is 0 Å². The van der Waals surface area contributed by atoms with Crippen LogP contribution in [0.5, 0.6) is 23.0 Å². The molecular formula is C64H75N11O11. The number of anilines is 2. The summed E-state index contributed by atoms with van der Waals surface area (Å²) >= 11 is 0. The van der Waals surface area contributed by atoms with Gasteiger partial charge in [-0.3, -0.25) is 48.4 Å². The van der Waals surface area contributed by atoms with Crippen molar-refractivity contribution in [2.45, 2.75) is 102 Å². The fourth-order valence-electron chi connectivity index (χ4n) is 11.4. The lowest BCUT2D eigenvalue weighted by atomic mass is 10.0. The molecule has 22 nitrogen and oxygen atoms in total. The van der Waals surface area contributed by atoms with Crippen LogP contribution in [0.4, 0.5) is 22.7 Å². The first-order chi connectivity index (χ1) is 41.5. The van der Waals surface area contributed by atoms with E-state index in [1.807, 2.05) is 30.7 Å². The van der Waals surface area contributed by atoms with Gasteiger partial charge in [-0.15, -0.1) is 0 Å². The van der Waals surface area contributed by atoms with Gasteiger partial charge < -0.3 is 60.2 Å². The van der Waals surface area contributed by atoms with Crippen molar-refractivity contribution in [1.82, 2.24) is 30.2 Å². The highest BCUT2D eigenvalue weighted by Gasteiger charge is 2.37. The smallest absolute Gasteiger partial charge is 0.260 e. The highest BCUT2D eigenvalue weighted by molar-refractivity contribution is 6.07. The number of amides is 7. The number of hydrogen-bond donors (Lipinski definition) is 4. The molecule has 7 amide bonds. The Balaban J connectivity index is 0.680. The number of benzene rings is 4. The Morgan fingerprint density at radius 2 is 1.20 bits per heavy atom. The van der Waals surface area contributed by atoms with Crippen molar-refractivity contribution >= 4 is 87.7 Å². The number of piperazine rings is 1. The third kappa shape index (κ3) is 13.5. The van der Waals surface area contributed by atoms with E-state index >= 15 is 0 Å². The van der Waals surface area contributed by atoms with Crippen molar-refractivity contribution in [3.05, 3.63) is 107 Å². The van der Waals surface area contributed by atoms with E-state index in [0.29, 0.717) is 89.7 Å². The molecule has 452 valence electrons. The number of unbranched alkanes of at least 4 members (excludes halogenated alkanes) is 2. The van der Waals surface area contributed by atoms with Crippen LogP contribution in [0.25, 0.3) is 11.1 Å². The Bertz CT molecular complexity index is 3390. The summed E-state index contributed by atoms with van der Waals surface area (Å²) in [5.74, 6) is -0.978. The highest BCUT2D eigenvalue weighted by Crippen LogP contribution is 2.42. The minimum absolute atomic E-state index is 0.0138. The second-order valence-electron chi connectivity index (χ2n) is 22.9. The van der Waals surface area contributed by atoms with Gasteiger partial charge in [-0.25, -0.2) is 0 Å². The normalized spacial score (nSPS) is 19.7. The van der Waals surface area contributed by atoms with Gasteiger partial charge in [-0.2, -0.15) is 0 Å². The number of carbonyl (C=O) groups is 7. The molecule has 0 aliphatic carbocycles. The molecule has 2 fully saturated rings. The van der Waals surface area contributed by atoms with E-state index in [0.717, 1.165) is 48.5 Å². The number of hydrogen-bond acceptors (Lipinski definition) is 16. The maximum Gasteiger partial charge on any atom is 0.260 e. The Morgan fingerprint density at radius 3 is 1.71 bits per heavy atom. The molecule has 86 heavy (non-hydrogen) atoms. The fraction of sp³-hybridized carbons (Fsp3) is 0.422. The third-order valence-corrected chi connectivity index (χ3v) is 16.4. The number of ether oxygens (including phenoxy) is 4. The summed E-state index contributed by atoms with van der Waals surface area (Å²) in [4.78, 5) is 111. The van der Waals surface area contributed by atoms with Gasteiger partial charge >= 0.3 is 0 Å². The monoisotopic (exact) mass is 1170 g/mol. The number of aliphatic imine (C=N–C) groups is 2. The summed E-state index contributed by atoms with van der Waals surface area (Å²) in [5, 5.41) is 8.35. The summed E-state index contributed by atoms with van der Waals surface area (Å²) in [6, 6.07) is 19.4. The number of carbonyl (C=O) groups excluding carboxylic acids is 7. The van der Waals surface area contributed by atoms with E-state index in [9.17, 15) is 33.6 Å². The summed E-state index contributed by atoms with van der Waals surface area (Å²) in [6.45, 7) is 9.99. The van der Waals surface area contributed by atoms with E-state index in [1.54, 1.807) is 73.2 Å². The van der Waals surface area contributed by atoms with E-state index in [4.69, 9.17) is 34.7 Å². The lowest BCUT2D eigenvalue weighted by Gasteiger charge is -2.34. The van der Waals surface area contributed by atoms with Crippen LogP contribution in [-0.2, 0) is 24.0 Å². The topological polar surface area (TPSA) is 259 Å². The molecule has 2 saturated heterocycles. The van der Waals surface area contributed by atoms with Crippen LogP contribution in [0, 0.1) is 5.92 Å². The molecule has 10 rings (SSSR count). The van der Waals surface area contributed by atoms with Crippen LogP contribution < -0.4 is 45.5 Å². The van der Waals surface area contributed by atoms with Gasteiger partial charge in [0, 0.05) is 107 Å². The van der Waals surface area contributed by atoms with E-state index in [1.165, 1.54) is 24.8 Å². The number of nitrogens with one attached hydrogen (secondary N) is 3. The average molecular weight is 1170 g/mol. The Kier molecular flexibility index (Phi) is 18.6. The third-order valence-electron chi connectivity index (χ3n) is 16.4. The number of imide groups is 1. The number of likely N-dealkylation sites (N-methyl/N-ethyl adjacent to an activating group) is 1. The predicted molar refractivity (Wildman–Crippen MR) is 326 cm³/mol. The summed E-state index contributed by atoms with van der Waals surface area (Å²) in [5.41, 5.74) is 13.0. The van der Waals surface area contributed by atoms with E-state index in [2.05, 4.69) is 57.1 Å². The fourth-order valence-corrected chi connectivity index (χ4v) is 11.4. The number of rotatable bonds is 23. The molecular weight excluding hydrogens is 1100 g/mol. The molecule has 1 unspecified atom stereocenters. The van der Waals surface area contributed by atoms with Crippen molar-refractivity contribution in [3.63, 3.8) is 0 Å². The maximum absolute atomic E-state index is 14.2. The first-order valence-corrected chi connectivity index (χ1v) is 29.5. The van der Waals surface area contributed by atoms with E-state index in [-0.39, 0.29) is 80.1 Å². The zero-order valence-corrected chi connectivity index (χ0v) is 49.5. The number of methoxy groups -OCH3 is 2. The van der Waals surface area contributed by atoms with Crippen molar-refractivity contribution in [3.8, 4) is 23.0 Å². The maximum atomic E-state index is 14.2. The molecule has 6 aliphatic rings. The molecule has 6 heterocycles. The lowest BCUT2D eigenvalue weighted by molar-refractivity contribution is -0.138. The lowest BCUT2D eigenvalue weighted by Crippen LogP contribution is -2.53. The predicted octanol–water partition coefficient (Wildman–Crippen LogP) is 6.48. The van der Waals surface area contributed by atoms with Crippen LogP contribution in [0.3, 0.4) is 0 Å². The molecule has 0 radical (unpaired) electrons. The molecule has 6 aliphatic heterocycles. The van der Waals surface area contributed by atoms with Crippen LogP contribution in [0.15, 0.2) is 95.2 Å². The molecule has 4 aromatic rings. The summed E-state index contributed by atoms with van der Waals surface area (Å²) < 4.78 is 23.8. The largest absolute Gasteiger partial charge is 0.493 e. The zero-order valence-electron chi connectivity index (χ0n) is 49.5. The van der Waals surface area contributed by atoms with Gasteiger partial charge in [0.2, 0.25) is 29.5 Å². The quantitative estimate of drug-likeness (QED) is 0.0458. The molecule has 5 atom stereocenters. The molecule has 0 spiro atoms. The second-order valence-corrected chi connectivity index (χ2v) is 22.9. The van der Waals surface area contributed by atoms with Crippen LogP contribution in [-0.4, -0.2) is 171 Å². The minimum atomic E-state index is -0.931. The zero-order chi connectivity index (χ0) is 60.8. The van der Waals surface area contributed by atoms with Crippen LogP contribution in [0.1, 0.15) is 104 Å². The molecule has 0 bridgehead atoms. The molecule has 22 heteroatoms. The second kappa shape index (κ2) is 26.6. The highest BCUT2D eigenvalue weighted by atomic mass is 16.5. The number of fused-ring (bicyclic) bond motifs is 4. The average Bonchev–Trinajstić information content (AvgIpc) is 2.13. The van der Waals surface area contributed by atoms with Crippen molar-refractivity contribution < 1.29 is 52.5 Å². The van der Waals surface area contributed by atoms with Crippen molar-refractivity contribution in [2.75, 3.05) is 77.4 Å². The van der Waals surface area contributed by atoms with E-state index < -0.39 is 29.9 Å². The van der Waals surface area contributed by atoms with Crippen molar-refractivity contribution in [2.24, 2.45) is 21.6 Å². The minimum Gasteiger partial charge on any atom is -0.493 e. The Morgan fingerprint density at radius 1 is 0.651 bits per heavy atom. The van der Waals surface area contributed by atoms with Gasteiger partial charge in [0.1, 0.15) is 12.1 Å². The van der Waals surface area contributed by atoms with Gasteiger partial charge in [-0.1, -0.05) is 44.5 Å². The van der Waals surface area contributed by atoms with Gasteiger partial charge in [-0.05, 0) is 91.4 Å². The molecule has 0 aromatic heterocycles. The van der Waals surface area contributed by atoms with Crippen molar-refractivity contribution in [1.29, 1.82) is 0 Å². The first-order valence-electron chi connectivity index (χ1n) is 29.5. The van der Waals surface area contributed by atoms with Gasteiger partial charge in [0.25, 0.3) is 11.8 Å². The standard InChI is InChI=1S/C64H75N11O11/c1-38(2)59(70-57(76)11-8-7-9-20-73-58(77)31-50(65)64(73)82)61(79)68-39(3)60(78)69-44-16-12-40(13-17-44)42-27-46-34-66-51-32-55(53(83-5)29-48(51)62(80)74(46)36-42)85-25-10-26-86-56-33-52-49(30-54(56)84-6)63(81)75-37-43(28-47(75)35-67-52)41-14-18-45(19-15-41)72-23-21-71(4)22-24-72/h12-19,29-30,32-39,46-47,50,59H,7-11,20-28,31,65H2,1-6H3,(H,68,79)(H,69,78)(H,70,76)/t39-,46-,47-,50?,59-/m0/s1. The molecule has 0 saturated carbocycles. The van der Waals surface area contributed by atoms with Crippen LogP contribution in [0.2, 0.25) is 0 Å². The summed E-state index contributed by atoms with van der Waals surface area (Å²) in [6.07, 6.45) is 10.7. The molecule has 5 N–H and O–H groups in total. The number of nitrogens with two attached hydrogens (primary N) is 1. The summed E-state index contributed by atoms with van der Waals surface area (Å²) in [7, 11) is 5.20. The SMILES string of the molecule is COc1cc2c(cc1OCCCOc1cc3c(cc1OC)C(=O)N1C=C(c4ccc(N5CCN(C)CC5)cc4)C[C@H]1C=N3)N=C[C@@H]1CC(c3ccc(NC(=O)[C@H](C)NC(=O)[C@@H](NC(=O)CCCCCN4C(=O)CC(N)C4=O)C(C)C)cc3)=CN1C2=O. The number of nitrogens with zero attached hydrogens (tertiary/aromatic N) is 7. The Labute approximate surface area is 500 Å². The van der Waals surface area contributed by atoms with Gasteiger partial charge in [0.15, 0.2) is 23.0 Å².